The quantitative estimate of drug-likeness (QED) is 0.651. The van der Waals surface area contributed by atoms with Gasteiger partial charge in [-0.1, -0.05) is 30.3 Å². The van der Waals surface area contributed by atoms with E-state index in [1.165, 1.54) is 35.6 Å². The van der Waals surface area contributed by atoms with Gasteiger partial charge in [-0.25, -0.2) is 9.37 Å². The van der Waals surface area contributed by atoms with Crippen molar-refractivity contribution in [3.8, 4) is 0 Å². The summed E-state index contributed by atoms with van der Waals surface area (Å²) in [5.74, 6) is -0.547. The fraction of sp³-hybridized carbons (Fsp3) is 0.238. The summed E-state index contributed by atoms with van der Waals surface area (Å²) in [4.78, 5) is 17.0. The maximum Gasteiger partial charge on any atom is 0.212 e. The topological polar surface area (TPSA) is 51.2 Å². The molecule has 138 valence electrons. The zero-order valence-corrected chi connectivity index (χ0v) is 15.4. The van der Waals surface area contributed by atoms with Gasteiger partial charge in [-0.05, 0) is 36.2 Å². The van der Waals surface area contributed by atoms with Crippen LogP contribution in [0.15, 0.2) is 60.0 Å². The van der Waals surface area contributed by atoms with Crippen LogP contribution < -0.4 is 5.32 Å². The van der Waals surface area contributed by atoms with Crippen molar-refractivity contribution in [3.05, 3.63) is 87.6 Å². The molecule has 4 rings (SSSR count). The van der Waals surface area contributed by atoms with Crippen molar-refractivity contribution in [1.29, 1.82) is 0 Å². The molecule has 27 heavy (non-hydrogen) atoms. The largest absolute Gasteiger partial charge is 0.372 e. The van der Waals surface area contributed by atoms with Crippen LogP contribution in [-0.4, -0.2) is 23.4 Å². The minimum absolute atomic E-state index is 0.0885. The summed E-state index contributed by atoms with van der Waals surface area (Å²) in [6, 6.07) is 15.7. The van der Waals surface area contributed by atoms with Crippen molar-refractivity contribution in [3.63, 3.8) is 0 Å². The average Bonchev–Trinajstić information content (AvgIpc) is 3.37. The van der Waals surface area contributed by atoms with Crippen LogP contribution in [0, 0.1) is 5.82 Å². The third-order valence-corrected chi connectivity index (χ3v) is 5.54. The molecule has 0 aliphatic carbocycles. The van der Waals surface area contributed by atoms with Crippen molar-refractivity contribution in [2.45, 2.75) is 25.2 Å². The Morgan fingerprint density at radius 2 is 1.96 bits per heavy atom. The molecule has 4 nitrogen and oxygen atoms in total. The second-order valence-electron chi connectivity index (χ2n) is 6.52. The fourth-order valence-corrected chi connectivity index (χ4v) is 3.99. The van der Waals surface area contributed by atoms with Crippen LogP contribution in [-0.2, 0) is 11.3 Å². The van der Waals surface area contributed by atoms with E-state index in [2.05, 4.69) is 10.3 Å². The molecule has 1 N–H and O–H groups in total. The smallest absolute Gasteiger partial charge is 0.212 e. The number of hydrogen-bond donors (Lipinski definition) is 1. The molecule has 1 fully saturated rings. The van der Waals surface area contributed by atoms with Gasteiger partial charge in [0.2, 0.25) is 5.78 Å². The minimum Gasteiger partial charge on any atom is -0.372 e. The number of carbonyl (C=O) groups is 1. The van der Waals surface area contributed by atoms with Gasteiger partial charge in [0, 0.05) is 17.5 Å². The fourth-order valence-electron chi connectivity index (χ4n) is 3.11. The van der Waals surface area contributed by atoms with E-state index in [0.717, 1.165) is 23.5 Å². The molecular weight excluding hydrogens is 363 g/mol. The SMILES string of the molecule is O=C(c1ccc(F)cc1)c1csc([C@@H]2C[C@@H](OCc3ccccc3)CN2)n1. The Hall–Kier alpha value is -2.41. The van der Waals surface area contributed by atoms with Crippen LogP contribution in [0.2, 0.25) is 0 Å². The van der Waals surface area contributed by atoms with Crippen LogP contribution in [0.4, 0.5) is 4.39 Å². The maximum atomic E-state index is 13.0. The first-order chi connectivity index (χ1) is 13.2. The van der Waals surface area contributed by atoms with Crippen LogP contribution >= 0.6 is 11.3 Å². The zero-order chi connectivity index (χ0) is 18.6. The first kappa shape index (κ1) is 18.0. The lowest BCUT2D eigenvalue weighted by molar-refractivity contribution is 0.0525. The van der Waals surface area contributed by atoms with Crippen molar-refractivity contribution >= 4 is 17.1 Å². The third-order valence-electron chi connectivity index (χ3n) is 4.58. The van der Waals surface area contributed by atoms with Crippen LogP contribution in [0.3, 0.4) is 0 Å². The third kappa shape index (κ3) is 4.30. The van der Waals surface area contributed by atoms with E-state index in [9.17, 15) is 9.18 Å². The summed E-state index contributed by atoms with van der Waals surface area (Å²) in [6.07, 6.45) is 0.945. The van der Waals surface area contributed by atoms with Gasteiger partial charge in [-0.2, -0.15) is 0 Å². The normalized spacial score (nSPS) is 19.3. The Labute approximate surface area is 161 Å². The predicted molar refractivity (Wildman–Crippen MR) is 102 cm³/mol. The van der Waals surface area contributed by atoms with Gasteiger partial charge in [0.15, 0.2) is 0 Å². The molecule has 2 atom stereocenters. The van der Waals surface area contributed by atoms with Crippen molar-refractivity contribution in [1.82, 2.24) is 10.3 Å². The van der Waals surface area contributed by atoms with Gasteiger partial charge >= 0.3 is 0 Å². The van der Waals surface area contributed by atoms with E-state index in [-0.39, 0.29) is 23.7 Å². The van der Waals surface area contributed by atoms with E-state index in [1.807, 2.05) is 30.3 Å². The van der Waals surface area contributed by atoms with Gasteiger partial charge in [0.1, 0.15) is 16.5 Å². The molecule has 6 heteroatoms. The Kier molecular flexibility index (Phi) is 5.38. The number of ether oxygens (including phenoxy) is 1. The summed E-state index contributed by atoms with van der Waals surface area (Å²) < 4.78 is 19.0. The molecule has 1 aliphatic heterocycles. The first-order valence-corrected chi connectivity index (χ1v) is 9.71. The van der Waals surface area contributed by atoms with Crippen molar-refractivity contribution in [2.75, 3.05) is 6.54 Å². The molecule has 0 unspecified atom stereocenters. The Morgan fingerprint density at radius 3 is 2.74 bits per heavy atom. The van der Waals surface area contributed by atoms with Gasteiger partial charge < -0.3 is 10.1 Å². The molecular formula is C21H19FN2O2S. The standard InChI is InChI=1S/C21H19FN2O2S/c22-16-8-6-15(7-9-16)20(25)19-13-27-21(24-19)18-10-17(11-23-18)26-12-14-4-2-1-3-5-14/h1-9,13,17-18,23H,10-12H2/t17-,18+/m1/s1. The molecule has 0 bridgehead atoms. The number of nitrogens with zero attached hydrogens (tertiary/aromatic N) is 1. The lowest BCUT2D eigenvalue weighted by Crippen LogP contribution is -2.17. The summed E-state index contributed by atoms with van der Waals surface area (Å²) in [5, 5.41) is 6.07. The highest BCUT2D eigenvalue weighted by molar-refractivity contribution is 7.10. The summed E-state index contributed by atoms with van der Waals surface area (Å²) in [5.41, 5.74) is 2.00. The minimum atomic E-state index is -0.359. The Balaban J connectivity index is 1.36. The van der Waals surface area contributed by atoms with Gasteiger partial charge in [0.25, 0.3) is 0 Å². The number of hydrogen-bond acceptors (Lipinski definition) is 5. The highest BCUT2D eigenvalue weighted by Crippen LogP contribution is 2.28. The van der Waals surface area contributed by atoms with Crippen LogP contribution in [0.1, 0.15) is 39.1 Å². The van der Waals surface area contributed by atoms with E-state index >= 15 is 0 Å². The zero-order valence-electron chi connectivity index (χ0n) is 14.6. The van der Waals surface area contributed by atoms with Crippen LogP contribution in [0.5, 0.6) is 0 Å². The van der Waals surface area contributed by atoms with E-state index in [1.54, 1.807) is 5.38 Å². The van der Waals surface area contributed by atoms with E-state index in [0.29, 0.717) is 17.9 Å². The molecule has 1 saturated heterocycles. The lowest BCUT2D eigenvalue weighted by atomic mass is 10.1. The van der Waals surface area contributed by atoms with Crippen molar-refractivity contribution < 1.29 is 13.9 Å². The summed E-state index contributed by atoms with van der Waals surface area (Å²) >= 11 is 1.47. The number of nitrogens with one attached hydrogen (secondary N) is 1. The average molecular weight is 382 g/mol. The number of aromatic nitrogens is 1. The molecule has 1 aliphatic rings. The second kappa shape index (κ2) is 8.08. The molecule has 0 spiro atoms. The molecule has 1 aromatic heterocycles. The highest BCUT2D eigenvalue weighted by atomic mass is 32.1. The van der Waals surface area contributed by atoms with E-state index in [4.69, 9.17) is 4.74 Å². The predicted octanol–water partition coefficient (Wildman–Crippen LogP) is 4.13. The lowest BCUT2D eigenvalue weighted by Gasteiger charge is -2.10. The molecule has 2 heterocycles. The molecule has 0 radical (unpaired) electrons. The van der Waals surface area contributed by atoms with Gasteiger partial charge in [0.05, 0.1) is 18.8 Å². The Morgan fingerprint density at radius 1 is 1.19 bits per heavy atom. The molecule has 0 amide bonds. The number of benzene rings is 2. The number of rotatable bonds is 6. The van der Waals surface area contributed by atoms with Gasteiger partial charge in [-0.15, -0.1) is 11.3 Å². The molecule has 2 aromatic carbocycles. The monoisotopic (exact) mass is 382 g/mol. The number of halogens is 1. The van der Waals surface area contributed by atoms with Crippen LogP contribution in [0.25, 0.3) is 0 Å². The number of carbonyl (C=O) groups excluding carboxylic acids is 1. The maximum absolute atomic E-state index is 13.0. The summed E-state index contributed by atoms with van der Waals surface area (Å²) in [7, 11) is 0. The van der Waals surface area contributed by atoms with Gasteiger partial charge in [-0.3, -0.25) is 4.79 Å². The first-order valence-electron chi connectivity index (χ1n) is 8.83. The number of thiazole rings is 1. The highest BCUT2D eigenvalue weighted by Gasteiger charge is 2.28. The molecule has 3 aromatic rings. The Bertz CT molecular complexity index is 911. The second-order valence-corrected chi connectivity index (χ2v) is 7.41. The number of ketones is 1. The van der Waals surface area contributed by atoms with Crippen molar-refractivity contribution in [2.24, 2.45) is 0 Å². The summed E-state index contributed by atoms with van der Waals surface area (Å²) in [6.45, 7) is 1.35. The molecule has 0 saturated carbocycles. The van der Waals surface area contributed by atoms with E-state index < -0.39 is 0 Å².